The van der Waals surface area contributed by atoms with Gasteiger partial charge in [0.25, 0.3) is 0 Å². The molecule has 0 saturated carbocycles. The zero-order valence-electron chi connectivity index (χ0n) is 20.5. The van der Waals surface area contributed by atoms with E-state index >= 15 is 0 Å². The fourth-order valence-electron chi connectivity index (χ4n) is 4.39. The lowest BCUT2D eigenvalue weighted by atomic mass is 10.1. The molecule has 5 rings (SSSR count). The van der Waals surface area contributed by atoms with E-state index < -0.39 is 0 Å². The molecular formula is C30H28FN5O. The second-order valence-electron chi connectivity index (χ2n) is 8.94. The van der Waals surface area contributed by atoms with Gasteiger partial charge in [-0.1, -0.05) is 30.2 Å². The number of hydrogen-bond donors (Lipinski definition) is 1. The fraction of sp³-hybridized carbons (Fsp3) is 0.233. The lowest BCUT2D eigenvalue weighted by molar-refractivity contribution is -0.131. The first kappa shape index (κ1) is 24.3. The Labute approximate surface area is 216 Å². The third-order valence-electron chi connectivity index (χ3n) is 6.41. The van der Waals surface area contributed by atoms with Crippen LogP contribution in [0.1, 0.15) is 29.8 Å². The average molecular weight is 494 g/mol. The molecule has 0 bridgehead atoms. The van der Waals surface area contributed by atoms with E-state index in [-0.39, 0.29) is 11.7 Å². The quantitative estimate of drug-likeness (QED) is 0.396. The van der Waals surface area contributed by atoms with Gasteiger partial charge in [-0.15, -0.1) is 0 Å². The van der Waals surface area contributed by atoms with Gasteiger partial charge in [-0.2, -0.15) is 0 Å². The zero-order valence-corrected chi connectivity index (χ0v) is 20.5. The van der Waals surface area contributed by atoms with Crippen LogP contribution in [0.2, 0.25) is 0 Å². The fourth-order valence-corrected chi connectivity index (χ4v) is 4.39. The third kappa shape index (κ3) is 6.22. The Kier molecular flexibility index (Phi) is 7.56. The molecule has 1 N–H and O–H groups in total. The van der Waals surface area contributed by atoms with Gasteiger partial charge in [0.15, 0.2) is 0 Å². The molecule has 0 atom stereocenters. The van der Waals surface area contributed by atoms with E-state index in [1.54, 1.807) is 18.3 Å². The summed E-state index contributed by atoms with van der Waals surface area (Å²) < 4.78 is 13.4. The van der Waals surface area contributed by atoms with Crippen molar-refractivity contribution in [3.63, 3.8) is 0 Å². The lowest BCUT2D eigenvalue weighted by Gasteiger charge is -2.35. The standard InChI is InChI=1S/C30H28FN5O/c31-25-15-13-24(14-16-25)30-33-26(27(34-30)17-12-23-7-2-1-3-8-23)9-6-11-29(37)36-21-19-35(20-22-36)28-10-4-5-18-32-28/h1-5,7-8,10,13-16,18H,6,9,11,19-22H2,(H,33,34). The molecular weight excluding hydrogens is 465 g/mol. The van der Waals surface area contributed by atoms with Crippen molar-refractivity contribution >= 4 is 11.7 Å². The first-order valence-corrected chi connectivity index (χ1v) is 12.5. The molecule has 0 unspecified atom stereocenters. The van der Waals surface area contributed by atoms with Gasteiger partial charge in [0.1, 0.15) is 23.2 Å². The number of halogens is 1. The first-order chi connectivity index (χ1) is 18.2. The van der Waals surface area contributed by atoms with E-state index in [0.717, 1.165) is 41.4 Å². The second-order valence-corrected chi connectivity index (χ2v) is 8.94. The van der Waals surface area contributed by atoms with Crippen LogP contribution in [0.15, 0.2) is 79.0 Å². The van der Waals surface area contributed by atoms with Crippen molar-refractivity contribution in [1.29, 1.82) is 0 Å². The number of amides is 1. The van der Waals surface area contributed by atoms with Crippen molar-refractivity contribution in [2.24, 2.45) is 0 Å². The molecule has 4 aromatic rings. The minimum absolute atomic E-state index is 0.159. The van der Waals surface area contributed by atoms with Crippen molar-refractivity contribution in [3.05, 3.63) is 102 Å². The molecule has 37 heavy (non-hydrogen) atoms. The number of benzene rings is 2. The average Bonchev–Trinajstić information content (AvgIpc) is 3.36. The summed E-state index contributed by atoms with van der Waals surface area (Å²) in [5.41, 5.74) is 3.23. The summed E-state index contributed by atoms with van der Waals surface area (Å²) in [5.74, 6) is 7.84. The van der Waals surface area contributed by atoms with Crippen LogP contribution in [0.3, 0.4) is 0 Å². The predicted octanol–water partition coefficient (Wildman–Crippen LogP) is 4.68. The number of hydrogen-bond acceptors (Lipinski definition) is 4. The summed E-state index contributed by atoms with van der Waals surface area (Å²) in [5, 5.41) is 0. The number of imidazole rings is 1. The number of H-pyrrole nitrogens is 1. The minimum atomic E-state index is -0.293. The van der Waals surface area contributed by atoms with Gasteiger partial charge < -0.3 is 14.8 Å². The van der Waals surface area contributed by atoms with Crippen LogP contribution in [-0.4, -0.2) is 51.9 Å². The molecule has 3 heterocycles. The Bertz CT molecular complexity index is 1380. The molecule has 6 nitrogen and oxygen atoms in total. The molecule has 2 aromatic heterocycles. The normalized spacial score (nSPS) is 13.2. The van der Waals surface area contributed by atoms with Gasteiger partial charge >= 0.3 is 0 Å². The maximum Gasteiger partial charge on any atom is 0.222 e. The summed E-state index contributed by atoms with van der Waals surface area (Å²) in [6.07, 6.45) is 3.54. The molecule has 0 radical (unpaired) electrons. The van der Waals surface area contributed by atoms with Crippen LogP contribution in [0.5, 0.6) is 0 Å². The van der Waals surface area contributed by atoms with Crippen LogP contribution >= 0.6 is 0 Å². The topological polar surface area (TPSA) is 65.1 Å². The monoisotopic (exact) mass is 493 g/mol. The molecule has 186 valence electrons. The van der Waals surface area contributed by atoms with E-state index in [2.05, 4.69) is 26.7 Å². The summed E-state index contributed by atoms with van der Waals surface area (Å²) >= 11 is 0. The van der Waals surface area contributed by atoms with E-state index in [0.29, 0.717) is 38.2 Å². The van der Waals surface area contributed by atoms with Crippen molar-refractivity contribution in [2.75, 3.05) is 31.1 Å². The van der Waals surface area contributed by atoms with Crippen molar-refractivity contribution < 1.29 is 9.18 Å². The highest BCUT2D eigenvalue weighted by molar-refractivity contribution is 5.76. The summed E-state index contributed by atoms with van der Waals surface area (Å²) in [4.78, 5) is 29.5. The maximum absolute atomic E-state index is 13.4. The number of piperazine rings is 1. The predicted molar refractivity (Wildman–Crippen MR) is 142 cm³/mol. The Morgan fingerprint density at radius 1 is 0.919 bits per heavy atom. The molecule has 1 aliphatic rings. The largest absolute Gasteiger partial charge is 0.353 e. The van der Waals surface area contributed by atoms with Crippen LogP contribution in [-0.2, 0) is 11.2 Å². The molecule has 2 aromatic carbocycles. The van der Waals surface area contributed by atoms with Gasteiger partial charge in [0, 0.05) is 49.9 Å². The maximum atomic E-state index is 13.4. The molecule has 1 fully saturated rings. The van der Waals surface area contributed by atoms with E-state index in [4.69, 9.17) is 4.98 Å². The van der Waals surface area contributed by atoms with Gasteiger partial charge in [0.05, 0.1) is 5.69 Å². The highest BCUT2D eigenvalue weighted by Crippen LogP contribution is 2.20. The summed E-state index contributed by atoms with van der Waals surface area (Å²) in [6.45, 7) is 2.95. The SMILES string of the molecule is O=C(CCCc1nc(-c2ccc(F)cc2)[nH]c1C#Cc1ccccc1)N1CCN(c2ccccn2)CC1. The third-order valence-corrected chi connectivity index (χ3v) is 6.41. The van der Waals surface area contributed by atoms with Crippen LogP contribution < -0.4 is 4.90 Å². The number of nitrogens with zero attached hydrogens (tertiary/aromatic N) is 4. The number of aromatic amines is 1. The smallest absolute Gasteiger partial charge is 0.222 e. The Morgan fingerprint density at radius 3 is 2.41 bits per heavy atom. The zero-order chi connectivity index (χ0) is 25.5. The highest BCUT2D eigenvalue weighted by Gasteiger charge is 2.21. The van der Waals surface area contributed by atoms with Crippen LogP contribution in [0.4, 0.5) is 10.2 Å². The Hall–Kier alpha value is -4.44. The number of aromatic nitrogens is 3. The highest BCUT2D eigenvalue weighted by atomic mass is 19.1. The molecule has 7 heteroatoms. The lowest BCUT2D eigenvalue weighted by Crippen LogP contribution is -2.49. The minimum Gasteiger partial charge on any atom is -0.353 e. The number of pyridine rings is 1. The number of rotatable bonds is 6. The number of carbonyl (C=O) groups excluding carboxylic acids is 1. The van der Waals surface area contributed by atoms with Crippen molar-refractivity contribution in [1.82, 2.24) is 19.9 Å². The van der Waals surface area contributed by atoms with Gasteiger partial charge in [-0.3, -0.25) is 4.79 Å². The van der Waals surface area contributed by atoms with Crippen molar-refractivity contribution in [2.45, 2.75) is 19.3 Å². The molecule has 0 spiro atoms. The van der Waals surface area contributed by atoms with Crippen LogP contribution in [0, 0.1) is 17.7 Å². The number of carbonyl (C=O) groups is 1. The van der Waals surface area contributed by atoms with E-state index in [1.807, 2.05) is 53.4 Å². The molecule has 0 aliphatic carbocycles. The van der Waals surface area contributed by atoms with Gasteiger partial charge in [0.2, 0.25) is 5.91 Å². The Morgan fingerprint density at radius 2 is 1.68 bits per heavy atom. The van der Waals surface area contributed by atoms with E-state index in [9.17, 15) is 9.18 Å². The second kappa shape index (κ2) is 11.5. The summed E-state index contributed by atoms with van der Waals surface area (Å²) in [7, 11) is 0. The molecule has 1 saturated heterocycles. The number of anilines is 1. The molecule has 1 aliphatic heterocycles. The van der Waals surface area contributed by atoms with Crippen LogP contribution in [0.25, 0.3) is 11.4 Å². The Balaban J connectivity index is 1.22. The first-order valence-electron chi connectivity index (χ1n) is 12.5. The van der Waals surface area contributed by atoms with E-state index in [1.165, 1.54) is 12.1 Å². The number of nitrogens with one attached hydrogen (secondary N) is 1. The summed E-state index contributed by atoms with van der Waals surface area (Å²) in [6, 6.07) is 21.9. The van der Waals surface area contributed by atoms with Crippen molar-refractivity contribution in [3.8, 4) is 23.2 Å². The van der Waals surface area contributed by atoms with Gasteiger partial charge in [-0.25, -0.2) is 14.4 Å². The number of aryl methyl sites for hydroxylation is 1. The molecule has 1 amide bonds. The van der Waals surface area contributed by atoms with Gasteiger partial charge in [-0.05, 0) is 67.3 Å².